The molecule has 6 nitrogen and oxygen atoms in total. The van der Waals surface area contributed by atoms with Crippen molar-refractivity contribution in [1.29, 1.82) is 0 Å². The molecule has 1 fully saturated rings. The minimum Gasteiger partial charge on any atom is -0.488 e. The van der Waals surface area contributed by atoms with Crippen LogP contribution in [-0.4, -0.2) is 48.1 Å². The molecule has 3 aromatic rings. The Morgan fingerprint density at radius 1 is 1.18 bits per heavy atom. The zero-order valence-electron chi connectivity index (χ0n) is 17.7. The first kappa shape index (κ1) is 21.5. The molecule has 170 valence electrons. The number of rotatable bonds is 3. The molecule has 0 radical (unpaired) electrons. The van der Waals surface area contributed by atoms with Gasteiger partial charge in [0.1, 0.15) is 24.0 Å². The number of amides is 2. The predicted octanol–water partition coefficient (Wildman–Crippen LogP) is 4.07. The smallest absolute Gasteiger partial charge is 0.268 e. The molecular weight excluding hydrogens is 450 g/mol. The van der Waals surface area contributed by atoms with E-state index in [0.717, 1.165) is 27.5 Å². The van der Waals surface area contributed by atoms with Gasteiger partial charge in [-0.2, -0.15) is 0 Å². The van der Waals surface area contributed by atoms with Gasteiger partial charge in [0.15, 0.2) is 0 Å². The fourth-order valence-electron chi connectivity index (χ4n) is 4.13. The monoisotopic (exact) mass is 470 g/mol. The van der Waals surface area contributed by atoms with Gasteiger partial charge in [0, 0.05) is 47.8 Å². The SMILES string of the molecule is CN(C(=O)c1cc2c(s1)-c1cc(C(=O)N3CCC(O)C3)ccc1OC2)c1ccc(F)cc1F. The molecule has 0 saturated carbocycles. The van der Waals surface area contributed by atoms with Crippen molar-refractivity contribution in [2.24, 2.45) is 0 Å². The standard InChI is InChI=1S/C24H20F2N2O4S/c1-27(19-4-3-15(25)10-18(19)26)24(31)21-9-14-12-32-20-5-2-13(8-17(20)22(14)33-21)23(30)28-7-6-16(29)11-28/h2-5,8-10,16,29H,6-7,11-12H2,1H3. The molecule has 2 amide bonds. The van der Waals surface area contributed by atoms with E-state index < -0.39 is 23.6 Å². The minimum atomic E-state index is -0.823. The number of fused-ring (bicyclic) bond motifs is 3. The van der Waals surface area contributed by atoms with Gasteiger partial charge in [-0.05, 0) is 42.8 Å². The highest BCUT2D eigenvalue weighted by Gasteiger charge is 2.29. The molecule has 0 aliphatic carbocycles. The molecule has 1 N–H and O–H groups in total. The second kappa shape index (κ2) is 8.24. The molecule has 0 spiro atoms. The van der Waals surface area contributed by atoms with Crippen molar-refractivity contribution in [2.75, 3.05) is 25.0 Å². The number of hydrogen-bond donors (Lipinski definition) is 1. The molecule has 1 unspecified atom stereocenters. The lowest BCUT2D eigenvalue weighted by atomic mass is 10.0. The minimum absolute atomic E-state index is 0.0231. The summed E-state index contributed by atoms with van der Waals surface area (Å²) < 4.78 is 33.2. The Morgan fingerprint density at radius 3 is 2.73 bits per heavy atom. The Balaban J connectivity index is 1.45. The van der Waals surface area contributed by atoms with Crippen molar-refractivity contribution in [3.05, 3.63) is 70.1 Å². The third kappa shape index (κ3) is 3.87. The number of carbonyl (C=O) groups excluding carboxylic acids is 2. The number of aliphatic hydroxyl groups excluding tert-OH is 1. The number of benzene rings is 2. The highest BCUT2D eigenvalue weighted by Crippen LogP contribution is 2.43. The summed E-state index contributed by atoms with van der Waals surface area (Å²) in [5.74, 6) is -1.53. The first-order valence-electron chi connectivity index (χ1n) is 10.4. The first-order valence-corrected chi connectivity index (χ1v) is 11.2. The largest absolute Gasteiger partial charge is 0.488 e. The van der Waals surface area contributed by atoms with E-state index in [0.29, 0.717) is 41.3 Å². The van der Waals surface area contributed by atoms with Crippen molar-refractivity contribution in [2.45, 2.75) is 19.1 Å². The van der Waals surface area contributed by atoms with Gasteiger partial charge in [-0.15, -0.1) is 11.3 Å². The maximum atomic E-state index is 14.2. The topological polar surface area (TPSA) is 70.1 Å². The van der Waals surface area contributed by atoms with Crippen LogP contribution in [0.5, 0.6) is 5.75 Å². The second-order valence-electron chi connectivity index (χ2n) is 8.12. The molecule has 33 heavy (non-hydrogen) atoms. The molecule has 5 rings (SSSR count). The van der Waals surface area contributed by atoms with E-state index in [9.17, 15) is 23.5 Å². The molecule has 1 atom stereocenters. The third-order valence-corrected chi connectivity index (χ3v) is 7.10. The zero-order chi connectivity index (χ0) is 23.3. The van der Waals surface area contributed by atoms with E-state index in [-0.39, 0.29) is 18.2 Å². The Morgan fingerprint density at radius 2 is 2.00 bits per heavy atom. The molecule has 0 bridgehead atoms. The van der Waals surface area contributed by atoms with Crippen LogP contribution in [0.4, 0.5) is 14.5 Å². The summed E-state index contributed by atoms with van der Waals surface area (Å²) >= 11 is 1.24. The van der Waals surface area contributed by atoms with E-state index in [2.05, 4.69) is 0 Å². The Hall–Kier alpha value is -3.30. The van der Waals surface area contributed by atoms with Crippen molar-refractivity contribution in [3.63, 3.8) is 0 Å². The summed E-state index contributed by atoms with van der Waals surface area (Å²) in [7, 11) is 1.43. The van der Waals surface area contributed by atoms with E-state index in [4.69, 9.17) is 4.74 Å². The van der Waals surface area contributed by atoms with E-state index in [1.807, 2.05) is 0 Å². The molecule has 3 heterocycles. The molecule has 2 aromatic carbocycles. The molecule has 1 saturated heterocycles. The van der Waals surface area contributed by atoms with Crippen LogP contribution in [0.3, 0.4) is 0 Å². The zero-order valence-corrected chi connectivity index (χ0v) is 18.5. The number of likely N-dealkylation sites (tertiary alicyclic amines) is 1. The predicted molar refractivity (Wildman–Crippen MR) is 120 cm³/mol. The number of carbonyl (C=O) groups is 2. The maximum absolute atomic E-state index is 14.2. The normalized spacial score (nSPS) is 16.7. The molecule has 9 heteroatoms. The van der Waals surface area contributed by atoms with Gasteiger partial charge in [-0.1, -0.05) is 0 Å². The number of thiophene rings is 1. The number of anilines is 1. The number of β-amino-alcohol motifs (C(OH)–C–C–N with tert-alkyl or cyclic N) is 1. The van der Waals surface area contributed by atoms with Crippen LogP contribution in [0.1, 0.15) is 32.0 Å². The number of hydrogen-bond acceptors (Lipinski definition) is 5. The fraction of sp³-hybridized carbons (Fsp3) is 0.250. The van der Waals surface area contributed by atoms with Crippen LogP contribution in [-0.2, 0) is 6.61 Å². The number of ether oxygens (including phenoxy) is 1. The van der Waals surface area contributed by atoms with Crippen molar-refractivity contribution >= 4 is 28.8 Å². The van der Waals surface area contributed by atoms with Crippen LogP contribution in [0, 0.1) is 11.6 Å². The second-order valence-corrected chi connectivity index (χ2v) is 9.17. The van der Waals surface area contributed by atoms with Gasteiger partial charge in [0.05, 0.1) is 16.7 Å². The molecule has 2 aliphatic heterocycles. The summed E-state index contributed by atoms with van der Waals surface area (Å²) in [6, 6.07) is 9.94. The molecular formula is C24H20F2N2O4S. The van der Waals surface area contributed by atoms with Gasteiger partial charge < -0.3 is 19.6 Å². The summed E-state index contributed by atoms with van der Waals surface area (Å²) in [6.45, 7) is 1.08. The van der Waals surface area contributed by atoms with E-state index >= 15 is 0 Å². The Kier molecular flexibility index (Phi) is 5.38. The quantitative estimate of drug-likeness (QED) is 0.627. The number of aliphatic hydroxyl groups is 1. The number of halogens is 2. The van der Waals surface area contributed by atoms with Crippen LogP contribution in [0.2, 0.25) is 0 Å². The lowest BCUT2D eigenvalue weighted by Gasteiger charge is -2.20. The van der Waals surface area contributed by atoms with Gasteiger partial charge in [0.2, 0.25) is 0 Å². The van der Waals surface area contributed by atoms with E-state index in [1.165, 1.54) is 24.5 Å². The Bertz CT molecular complexity index is 1280. The van der Waals surface area contributed by atoms with Crippen LogP contribution < -0.4 is 9.64 Å². The summed E-state index contributed by atoms with van der Waals surface area (Å²) in [6.07, 6.45) is 0.0537. The van der Waals surface area contributed by atoms with Gasteiger partial charge >= 0.3 is 0 Å². The number of nitrogens with zero attached hydrogens (tertiary/aromatic N) is 2. The average Bonchev–Trinajstić information content (AvgIpc) is 3.44. The van der Waals surface area contributed by atoms with Crippen molar-refractivity contribution in [1.82, 2.24) is 4.90 Å². The lowest BCUT2D eigenvalue weighted by molar-refractivity contribution is 0.0764. The van der Waals surface area contributed by atoms with Crippen LogP contribution in [0.15, 0.2) is 42.5 Å². The summed E-state index contributed by atoms with van der Waals surface area (Å²) in [4.78, 5) is 29.9. The summed E-state index contributed by atoms with van der Waals surface area (Å²) in [5, 5.41) is 9.74. The highest BCUT2D eigenvalue weighted by atomic mass is 32.1. The Labute approximate surface area is 192 Å². The fourth-order valence-corrected chi connectivity index (χ4v) is 5.29. The van der Waals surface area contributed by atoms with Crippen molar-refractivity contribution in [3.8, 4) is 16.2 Å². The third-order valence-electron chi connectivity index (χ3n) is 5.90. The molecule has 2 aliphatic rings. The highest BCUT2D eigenvalue weighted by molar-refractivity contribution is 7.17. The van der Waals surface area contributed by atoms with E-state index in [1.54, 1.807) is 29.2 Å². The molecule has 1 aromatic heterocycles. The average molecular weight is 470 g/mol. The van der Waals surface area contributed by atoms with Crippen LogP contribution >= 0.6 is 11.3 Å². The van der Waals surface area contributed by atoms with Crippen molar-refractivity contribution < 1.29 is 28.2 Å². The first-order chi connectivity index (χ1) is 15.8. The maximum Gasteiger partial charge on any atom is 0.268 e. The lowest BCUT2D eigenvalue weighted by Crippen LogP contribution is -2.29. The van der Waals surface area contributed by atoms with Gasteiger partial charge in [-0.3, -0.25) is 9.59 Å². The van der Waals surface area contributed by atoms with Crippen LogP contribution in [0.25, 0.3) is 10.4 Å². The summed E-state index contributed by atoms with van der Waals surface area (Å²) in [5.41, 5.74) is 1.96. The van der Waals surface area contributed by atoms with Gasteiger partial charge in [0.25, 0.3) is 11.8 Å². The van der Waals surface area contributed by atoms with Gasteiger partial charge in [-0.25, -0.2) is 8.78 Å².